The molecule has 0 atom stereocenters. The molecule has 9 heteroatoms. The van der Waals surface area contributed by atoms with Gasteiger partial charge >= 0.3 is 0 Å². The van der Waals surface area contributed by atoms with E-state index in [2.05, 4.69) is 36.1 Å². The van der Waals surface area contributed by atoms with Crippen LogP contribution in [0.2, 0.25) is 0 Å². The van der Waals surface area contributed by atoms with E-state index in [4.69, 9.17) is 4.98 Å². The lowest BCUT2D eigenvalue weighted by Crippen LogP contribution is -2.47. The van der Waals surface area contributed by atoms with Crippen molar-refractivity contribution in [2.45, 2.75) is 18.9 Å². The number of fused-ring (bicyclic) bond motifs is 1. The van der Waals surface area contributed by atoms with Gasteiger partial charge in [0.2, 0.25) is 0 Å². The molecule has 172 valence electrons. The summed E-state index contributed by atoms with van der Waals surface area (Å²) in [6.07, 6.45) is 11.3. The van der Waals surface area contributed by atoms with Crippen LogP contribution in [0.4, 0.5) is 11.6 Å². The van der Waals surface area contributed by atoms with Crippen molar-refractivity contribution in [1.82, 2.24) is 29.4 Å². The van der Waals surface area contributed by atoms with Gasteiger partial charge in [-0.05, 0) is 37.1 Å². The minimum absolute atomic E-state index is 0.223. The summed E-state index contributed by atoms with van der Waals surface area (Å²) in [6.45, 7) is 4.03. The zero-order valence-corrected chi connectivity index (χ0v) is 19.1. The molecule has 2 fully saturated rings. The molecule has 0 radical (unpaired) electrons. The van der Waals surface area contributed by atoms with Crippen LogP contribution >= 0.6 is 0 Å². The molecule has 0 aromatic carbocycles. The first-order chi connectivity index (χ1) is 16.7. The Kier molecular flexibility index (Phi) is 5.18. The molecule has 1 saturated heterocycles. The molecule has 5 heterocycles. The average molecular weight is 455 g/mol. The third kappa shape index (κ3) is 3.99. The predicted octanol–water partition coefficient (Wildman–Crippen LogP) is 2.96. The SMILES string of the molecule is Cn1cncc1-c1cc2cc(NC(=O)c3ccncc3)ncc2nc1N1CCN(C2CC2)CC1. The third-order valence-corrected chi connectivity index (χ3v) is 6.63. The van der Waals surface area contributed by atoms with Crippen molar-refractivity contribution in [3.8, 4) is 11.3 Å². The van der Waals surface area contributed by atoms with Crippen molar-refractivity contribution < 1.29 is 4.79 Å². The van der Waals surface area contributed by atoms with Gasteiger partial charge in [0, 0.05) is 68.2 Å². The first-order valence-electron chi connectivity index (χ1n) is 11.6. The van der Waals surface area contributed by atoms with Crippen LogP contribution in [0.5, 0.6) is 0 Å². The van der Waals surface area contributed by atoms with E-state index in [1.807, 2.05) is 23.9 Å². The number of nitrogens with zero attached hydrogens (tertiary/aromatic N) is 7. The lowest BCUT2D eigenvalue weighted by molar-refractivity contribution is 0.102. The molecule has 0 spiro atoms. The molecule has 1 saturated carbocycles. The molecule has 1 amide bonds. The van der Waals surface area contributed by atoms with E-state index < -0.39 is 0 Å². The highest BCUT2D eigenvalue weighted by molar-refractivity contribution is 6.04. The van der Waals surface area contributed by atoms with Crippen LogP contribution in [0, 0.1) is 0 Å². The molecule has 1 aliphatic carbocycles. The first-order valence-corrected chi connectivity index (χ1v) is 11.6. The van der Waals surface area contributed by atoms with E-state index in [1.54, 1.807) is 37.1 Å². The van der Waals surface area contributed by atoms with Crippen molar-refractivity contribution in [1.29, 1.82) is 0 Å². The van der Waals surface area contributed by atoms with Crippen LogP contribution in [0.15, 0.2) is 55.4 Å². The van der Waals surface area contributed by atoms with Gasteiger partial charge in [0.25, 0.3) is 5.91 Å². The van der Waals surface area contributed by atoms with Gasteiger partial charge < -0.3 is 14.8 Å². The van der Waals surface area contributed by atoms with Crippen molar-refractivity contribution in [2.24, 2.45) is 7.05 Å². The number of carbonyl (C=O) groups excluding carboxylic acids is 1. The Morgan fingerprint density at radius 1 is 1.03 bits per heavy atom. The molecule has 2 aliphatic rings. The number of imidazole rings is 1. The summed E-state index contributed by atoms with van der Waals surface area (Å²) >= 11 is 0. The molecule has 0 bridgehead atoms. The number of anilines is 2. The van der Waals surface area contributed by atoms with Crippen LogP contribution in [-0.2, 0) is 7.05 Å². The molecule has 9 nitrogen and oxygen atoms in total. The number of aromatic nitrogens is 5. The summed E-state index contributed by atoms with van der Waals surface area (Å²) in [5, 5.41) is 3.79. The molecule has 34 heavy (non-hydrogen) atoms. The molecule has 0 unspecified atom stereocenters. The minimum atomic E-state index is -0.223. The Balaban J connectivity index is 1.35. The highest BCUT2D eigenvalue weighted by atomic mass is 16.1. The topological polar surface area (TPSA) is 92.1 Å². The van der Waals surface area contributed by atoms with E-state index >= 15 is 0 Å². The van der Waals surface area contributed by atoms with Crippen molar-refractivity contribution in [3.05, 3.63) is 60.9 Å². The van der Waals surface area contributed by atoms with Gasteiger partial charge in [0.15, 0.2) is 0 Å². The second-order valence-electron chi connectivity index (χ2n) is 8.96. The number of piperazine rings is 1. The minimum Gasteiger partial charge on any atom is -0.353 e. The standard InChI is InChI=1S/C25H26N8O/c1-31-16-27-15-22(31)20-12-18-13-23(30-25(34)17-4-6-26-7-5-17)28-14-21(18)29-24(20)33-10-8-32(9-11-33)19-2-3-19/h4-7,12-16,19H,2-3,8-11H2,1H3,(H,28,30,34). The molecule has 6 rings (SSSR count). The van der Waals surface area contributed by atoms with E-state index in [1.165, 1.54) is 12.8 Å². The molecular formula is C25H26N8O. The number of carbonyl (C=O) groups is 1. The summed E-state index contributed by atoms with van der Waals surface area (Å²) in [7, 11) is 1.99. The largest absolute Gasteiger partial charge is 0.353 e. The summed E-state index contributed by atoms with van der Waals surface area (Å²) < 4.78 is 2.01. The number of nitrogens with one attached hydrogen (secondary N) is 1. The maximum Gasteiger partial charge on any atom is 0.256 e. The van der Waals surface area contributed by atoms with Crippen LogP contribution < -0.4 is 10.2 Å². The lowest BCUT2D eigenvalue weighted by atomic mass is 10.1. The van der Waals surface area contributed by atoms with Gasteiger partial charge in [-0.3, -0.25) is 14.7 Å². The average Bonchev–Trinajstić information content (AvgIpc) is 3.64. The fraction of sp³-hybridized carbons (Fsp3) is 0.320. The van der Waals surface area contributed by atoms with E-state index in [0.717, 1.165) is 60.2 Å². The van der Waals surface area contributed by atoms with Gasteiger partial charge in [0.1, 0.15) is 11.6 Å². The fourth-order valence-corrected chi connectivity index (χ4v) is 4.61. The van der Waals surface area contributed by atoms with Gasteiger partial charge in [0.05, 0.1) is 29.9 Å². The molecule has 4 aromatic heterocycles. The normalized spacial score (nSPS) is 16.7. The number of hydrogen-bond donors (Lipinski definition) is 1. The number of rotatable bonds is 5. The van der Waals surface area contributed by atoms with E-state index in [-0.39, 0.29) is 5.91 Å². The number of amides is 1. The predicted molar refractivity (Wildman–Crippen MR) is 131 cm³/mol. The van der Waals surface area contributed by atoms with E-state index in [0.29, 0.717) is 11.4 Å². The molecular weight excluding hydrogens is 428 g/mol. The Morgan fingerprint density at radius 2 is 1.82 bits per heavy atom. The third-order valence-electron chi connectivity index (χ3n) is 6.63. The van der Waals surface area contributed by atoms with Crippen LogP contribution in [-0.4, -0.2) is 67.5 Å². The second-order valence-corrected chi connectivity index (χ2v) is 8.96. The molecule has 1 aliphatic heterocycles. The van der Waals surface area contributed by atoms with Gasteiger partial charge in [-0.1, -0.05) is 0 Å². The zero-order valence-electron chi connectivity index (χ0n) is 19.1. The molecule has 1 N–H and O–H groups in total. The van der Waals surface area contributed by atoms with Crippen molar-refractivity contribution in [3.63, 3.8) is 0 Å². The molecule has 4 aromatic rings. The Labute approximate surface area is 197 Å². The summed E-state index contributed by atoms with van der Waals surface area (Å²) in [5.74, 6) is 1.22. The van der Waals surface area contributed by atoms with Crippen molar-refractivity contribution >= 4 is 28.4 Å². The maximum atomic E-state index is 12.6. The quantitative estimate of drug-likeness (QED) is 0.496. The van der Waals surface area contributed by atoms with Crippen LogP contribution in [0.25, 0.3) is 22.2 Å². The number of pyridine rings is 3. The lowest BCUT2D eigenvalue weighted by Gasteiger charge is -2.36. The maximum absolute atomic E-state index is 12.6. The number of hydrogen-bond acceptors (Lipinski definition) is 7. The Morgan fingerprint density at radius 3 is 2.53 bits per heavy atom. The smallest absolute Gasteiger partial charge is 0.256 e. The highest BCUT2D eigenvalue weighted by Gasteiger charge is 2.32. The van der Waals surface area contributed by atoms with Gasteiger partial charge in [-0.15, -0.1) is 0 Å². The Bertz CT molecular complexity index is 1340. The van der Waals surface area contributed by atoms with Crippen LogP contribution in [0.3, 0.4) is 0 Å². The second kappa shape index (κ2) is 8.49. The fourth-order valence-electron chi connectivity index (χ4n) is 4.61. The highest BCUT2D eigenvalue weighted by Crippen LogP contribution is 2.34. The first kappa shape index (κ1) is 20.7. The van der Waals surface area contributed by atoms with Gasteiger partial charge in [-0.2, -0.15) is 0 Å². The summed E-state index contributed by atoms with van der Waals surface area (Å²) in [4.78, 5) is 35.3. The number of aryl methyl sites for hydroxylation is 1. The van der Waals surface area contributed by atoms with Crippen LogP contribution in [0.1, 0.15) is 23.2 Å². The van der Waals surface area contributed by atoms with Gasteiger partial charge in [-0.25, -0.2) is 15.0 Å². The Hall–Kier alpha value is -3.85. The summed E-state index contributed by atoms with van der Waals surface area (Å²) in [6, 6.07) is 8.14. The summed E-state index contributed by atoms with van der Waals surface area (Å²) in [5.41, 5.74) is 3.37. The van der Waals surface area contributed by atoms with Crippen molar-refractivity contribution in [2.75, 3.05) is 36.4 Å². The zero-order chi connectivity index (χ0) is 23.1. The van der Waals surface area contributed by atoms with E-state index in [9.17, 15) is 4.79 Å². The monoisotopic (exact) mass is 454 g/mol.